The number of likely N-dealkylation sites (N-methyl/N-ethyl adjacent to an activating group) is 2. The summed E-state index contributed by atoms with van der Waals surface area (Å²) in [7, 11) is 2.93. The minimum Gasteiger partial charge on any atom is -0.480 e. The molecule has 0 spiro atoms. The molecule has 2 unspecified atom stereocenters. The average molecular weight is 244 g/mol. The van der Waals surface area contributed by atoms with Crippen LogP contribution in [0, 0.1) is 11.6 Å². The molecular weight excluding hydrogens is 230 g/mol. The molecule has 1 aromatic rings. The number of carboxylic acid groups (broad SMARTS) is 1. The Balaban J connectivity index is 3.16. The largest absolute Gasteiger partial charge is 0.480 e. The van der Waals surface area contributed by atoms with Crippen LogP contribution in [0.25, 0.3) is 0 Å². The highest BCUT2D eigenvalue weighted by atomic mass is 19.1. The minimum absolute atomic E-state index is 0.0192. The van der Waals surface area contributed by atoms with E-state index in [1.807, 2.05) is 0 Å². The summed E-state index contributed by atoms with van der Waals surface area (Å²) < 4.78 is 26.6. The highest BCUT2D eigenvalue weighted by molar-refractivity contribution is 5.74. The molecule has 3 N–H and O–H groups in total. The van der Waals surface area contributed by atoms with Crippen LogP contribution in [0.1, 0.15) is 11.6 Å². The van der Waals surface area contributed by atoms with Crippen molar-refractivity contribution in [3.63, 3.8) is 0 Å². The normalized spacial score (nSPS) is 14.4. The van der Waals surface area contributed by atoms with Crippen molar-refractivity contribution >= 4 is 5.97 Å². The van der Waals surface area contributed by atoms with Gasteiger partial charge in [-0.25, -0.2) is 8.78 Å². The van der Waals surface area contributed by atoms with Gasteiger partial charge < -0.3 is 15.7 Å². The summed E-state index contributed by atoms with van der Waals surface area (Å²) >= 11 is 0. The van der Waals surface area contributed by atoms with Crippen molar-refractivity contribution < 1.29 is 18.7 Å². The summed E-state index contributed by atoms with van der Waals surface area (Å²) in [5, 5.41) is 14.2. The molecule has 0 saturated heterocycles. The van der Waals surface area contributed by atoms with Crippen molar-refractivity contribution in [3.05, 3.63) is 35.4 Å². The van der Waals surface area contributed by atoms with Gasteiger partial charge in [-0.15, -0.1) is 0 Å². The summed E-state index contributed by atoms with van der Waals surface area (Å²) in [4.78, 5) is 11.0. The smallest absolute Gasteiger partial charge is 0.322 e. The lowest BCUT2D eigenvalue weighted by atomic mass is 9.99. The predicted octanol–water partition coefficient (Wildman–Crippen LogP) is 0.898. The molecule has 0 aromatic heterocycles. The van der Waals surface area contributed by atoms with Crippen LogP contribution < -0.4 is 10.6 Å². The van der Waals surface area contributed by atoms with Gasteiger partial charge in [0.2, 0.25) is 0 Å². The van der Waals surface area contributed by atoms with Gasteiger partial charge in [-0.1, -0.05) is 0 Å². The van der Waals surface area contributed by atoms with E-state index >= 15 is 0 Å². The summed E-state index contributed by atoms with van der Waals surface area (Å²) in [6.45, 7) is 0. The maximum Gasteiger partial charge on any atom is 0.322 e. The first kappa shape index (κ1) is 13.5. The highest BCUT2D eigenvalue weighted by Crippen LogP contribution is 2.21. The molecule has 0 saturated carbocycles. The lowest BCUT2D eigenvalue weighted by Gasteiger charge is -2.23. The van der Waals surface area contributed by atoms with Crippen molar-refractivity contribution in [2.24, 2.45) is 0 Å². The fourth-order valence-corrected chi connectivity index (χ4v) is 1.69. The number of hydrogen-bond acceptors (Lipinski definition) is 3. The third kappa shape index (κ3) is 2.98. The number of nitrogens with one attached hydrogen (secondary N) is 2. The summed E-state index contributed by atoms with van der Waals surface area (Å²) in [5.74, 6) is -2.40. The minimum atomic E-state index is -1.14. The molecule has 6 heteroatoms. The Kier molecular flexibility index (Phi) is 4.53. The second kappa shape index (κ2) is 5.70. The molecule has 17 heavy (non-hydrogen) atoms. The van der Waals surface area contributed by atoms with E-state index in [9.17, 15) is 13.6 Å². The SMILES string of the molecule is CNC(C(=O)O)C(NC)c1cc(F)ccc1F. The van der Waals surface area contributed by atoms with E-state index in [0.29, 0.717) is 0 Å². The molecular formula is C11H14F2N2O2. The Bertz CT molecular complexity index is 412. The van der Waals surface area contributed by atoms with Gasteiger partial charge in [0.25, 0.3) is 0 Å². The monoisotopic (exact) mass is 244 g/mol. The molecule has 1 aromatic carbocycles. The Morgan fingerprint density at radius 2 is 1.94 bits per heavy atom. The van der Waals surface area contributed by atoms with Crippen LogP contribution in [0.2, 0.25) is 0 Å². The molecule has 0 aliphatic carbocycles. The average Bonchev–Trinajstić information content (AvgIpc) is 2.28. The van der Waals surface area contributed by atoms with Crippen LogP contribution in [0.3, 0.4) is 0 Å². The predicted molar refractivity (Wildman–Crippen MR) is 58.6 cm³/mol. The Labute approximate surface area is 97.6 Å². The van der Waals surface area contributed by atoms with Gasteiger partial charge in [-0.2, -0.15) is 0 Å². The third-order valence-corrected chi connectivity index (χ3v) is 2.51. The summed E-state index contributed by atoms with van der Waals surface area (Å²) in [6, 6.07) is 1.05. The second-order valence-corrected chi connectivity index (χ2v) is 3.54. The topological polar surface area (TPSA) is 61.4 Å². The third-order valence-electron chi connectivity index (χ3n) is 2.51. The zero-order valence-electron chi connectivity index (χ0n) is 9.50. The number of hydrogen-bond donors (Lipinski definition) is 3. The first-order valence-electron chi connectivity index (χ1n) is 5.03. The highest BCUT2D eigenvalue weighted by Gasteiger charge is 2.29. The van der Waals surface area contributed by atoms with Crippen molar-refractivity contribution in [2.45, 2.75) is 12.1 Å². The molecule has 0 radical (unpaired) electrons. The molecule has 0 fully saturated rings. The van der Waals surface area contributed by atoms with E-state index in [2.05, 4.69) is 10.6 Å². The number of halogens is 2. The fraction of sp³-hybridized carbons (Fsp3) is 0.364. The van der Waals surface area contributed by atoms with Gasteiger partial charge in [0.05, 0.1) is 6.04 Å². The van der Waals surface area contributed by atoms with Crippen molar-refractivity contribution in [1.29, 1.82) is 0 Å². The Hall–Kier alpha value is -1.53. The van der Waals surface area contributed by atoms with Crippen LogP contribution in [-0.4, -0.2) is 31.2 Å². The number of carboxylic acids is 1. The van der Waals surface area contributed by atoms with Gasteiger partial charge >= 0.3 is 5.97 Å². The van der Waals surface area contributed by atoms with Crippen LogP contribution in [-0.2, 0) is 4.79 Å². The van der Waals surface area contributed by atoms with Crippen molar-refractivity contribution in [3.8, 4) is 0 Å². The molecule has 0 aliphatic heterocycles. The molecule has 4 nitrogen and oxygen atoms in total. The standard InChI is InChI=1S/C11H14F2N2O2/c1-14-9(10(15-2)11(16)17)7-5-6(12)3-4-8(7)13/h3-5,9-10,14-15H,1-2H3,(H,16,17). The lowest BCUT2D eigenvalue weighted by molar-refractivity contribution is -0.140. The molecule has 94 valence electrons. The first-order valence-corrected chi connectivity index (χ1v) is 5.03. The van der Waals surface area contributed by atoms with Crippen molar-refractivity contribution in [1.82, 2.24) is 10.6 Å². The van der Waals surface area contributed by atoms with Crippen molar-refractivity contribution in [2.75, 3.05) is 14.1 Å². The number of rotatable bonds is 5. The zero-order chi connectivity index (χ0) is 13.0. The quantitative estimate of drug-likeness (QED) is 0.720. The molecule has 0 aliphatic rings. The van der Waals surface area contributed by atoms with Crippen LogP contribution in [0.4, 0.5) is 8.78 Å². The van der Waals surface area contributed by atoms with E-state index in [4.69, 9.17) is 5.11 Å². The van der Waals surface area contributed by atoms with Gasteiger partial charge in [0.1, 0.15) is 17.7 Å². The second-order valence-electron chi connectivity index (χ2n) is 3.54. The van der Waals surface area contributed by atoms with Gasteiger partial charge in [0, 0.05) is 5.56 Å². The number of carbonyl (C=O) groups is 1. The molecule has 0 heterocycles. The Morgan fingerprint density at radius 3 is 2.41 bits per heavy atom. The molecule has 1 rings (SSSR count). The van der Waals surface area contributed by atoms with Crippen LogP contribution in [0.5, 0.6) is 0 Å². The zero-order valence-corrected chi connectivity index (χ0v) is 9.50. The summed E-state index contributed by atoms with van der Waals surface area (Å²) in [5.41, 5.74) is -0.0192. The maximum absolute atomic E-state index is 13.5. The summed E-state index contributed by atoms with van der Waals surface area (Å²) in [6.07, 6.45) is 0. The fourth-order valence-electron chi connectivity index (χ4n) is 1.69. The lowest BCUT2D eigenvalue weighted by Crippen LogP contribution is -2.44. The van der Waals surface area contributed by atoms with Gasteiger partial charge in [-0.05, 0) is 32.3 Å². The number of benzene rings is 1. The van der Waals surface area contributed by atoms with Gasteiger partial charge in [-0.3, -0.25) is 4.79 Å². The van der Waals surface area contributed by atoms with E-state index in [1.165, 1.54) is 14.1 Å². The van der Waals surface area contributed by atoms with E-state index in [0.717, 1.165) is 18.2 Å². The van der Waals surface area contributed by atoms with E-state index in [1.54, 1.807) is 0 Å². The maximum atomic E-state index is 13.5. The van der Waals surface area contributed by atoms with Crippen LogP contribution >= 0.6 is 0 Å². The Morgan fingerprint density at radius 1 is 1.29 bits per heavy atom. The number of aliphatic carboxylic acids is 1. The van der Waals surface area contributed by atoms with Crippen LogP contribution in [0.15, 0.2) is 18.2 Å². The first-order chi connectivity index (χ1) is 8.01. The van der Waals surface area contributed by atoms with Gasteiger partial charge in [0.15, 0.2) is 0 Å². The van der Waals surface area contributed by atoms with E-state index < -0.39 is 29.7 Å². The molecule has 2 atom stereocenters. The molecule has 0 bridgehead atoms. The van der Waals surface area contributed by atoms with E-state index in [-0.39, 0.29) is 5.56 Å². The molecule has 0 amide bonds.